The average Bonchev–Trinajstić information content (AvgIpc) is 2.57. The molecule has 34 heavy (non-hydrogen) atoms. The molecule has 0 radical (unpaired) electrons. The SMILES string of the molecule is CC(=O)[O][Pb]([O]C(C)=O)([O]C(C)=O)[c]1c(C)cc(C)cc1C.Cc1cc(C)c(B(O)O)c(C)c1. The van der Waals surface area contributed by atoms with Gasteiger partial charge in [-0.15, -0.1) is 0 Å². The van der Waals surface area contributed by atoms with E-state index in [4.69, 9.17) is 18.1 Å². The number of aryl methyl sites for hydroxylation is 6. The zero-order valence-corrected chi connectivity index (χ0v) is 25.1. The molecule has 10 heteroatoms. The van der Waals surface area contributed by atoms with Gasteiger partial charge in [0.05, 0.1) is 0 Å². The van der Waals surface area contributed by atoms with Crippen LogP contribution in [0.5, 0.6) is 0 Å². The Morgan fingerprint density at radius 3 is 1.21 bits per heavy atom. The summed E-state index contributed by atoms with van der Waals surface area (Å²) in [6.07, 6.45) is 0. The van der Waals surface area contributed by atoms with Gasteiger partial charge in [-0.25, -0.2) is 0 Å². The minimum atomic E-state index is -5.10. The molecule has 0 amide bonds. The molecule has 8 nitrogen and oxygen atoms in total. The molecule has 2 aromatic rings. The third-order valence-corrected chi connectivity index (χ3v) is 16.7. The molecule has 0 aliphatic heterocycles. The maximum atomic E-state index is 11.5. The Bertz CT molecular complexity index is 994. The van der Waals surface area contributed by atoms with Crippen LogP contribution in [-0.2, 0) is 22.4 Å². The van der Waals surface area contributed by atoms with E-state index >= 15 is 0 Å². The van der Waals surface area contributed by atoms with Crippen LogP contribution < -0.4 is 8.59 Å². The van der Waals surface area contributed by atoms with E-state index in [2.05, 4.69) is 0 Å². The number of carbonyl (C=O) groups is 3. The van der Waals surface area contributed by atoms with Gasteiger partial charge < -0.3 is 10.0 Å². The Hall–Kier alpha value is -2.24. The first kappa shape index (κ1) is 29.8. The van der Waals surface area contributed by atoms with Crippen molar-refractivity contribution in [2.75, 3.05) is 0 Å². The summed E-state index contributed by atoms with van der Waals surface area (Å²) in [5, 5.41) is 18.1. The van der Waals surface area contributed by atoms with Crippen molar-refractivity contribution < 1.29 is 32.5 Å². The molecule has 0 bridgehead atoms. The second-order valence-corrected chi connectivity index (χ2v) is 16.9. The summed E-state index contributed by atoms with van der Waals surface area (Å²) in [6.45, 7) is 14.9. The van der Waals surface area contributed by atoms with Crippen LogP contribution in [0, 0.1) is 41.5 Å². The topological polar surface area (TPSA) is 119 Å². The van der Waals surface area contributed by atoms with Crippen LogP contribution in [0.3, 0.4) is 0 Å². The zero-order valence-electron chi connectivity index (χ0n) is 21.2. The molecule has 0 aromatic heterocycles. The molecule has 0 unspecified atom stereocenters. The third kappa shape index (κ3) is 8.21. The number of hydrogen-bond acceptors (Lipinski definition) is 8. The van der Waals surface area contributed by atoms with Gasteiger partial charge in [-0.2, -0.15) is 0 Å². The zero-order chi connectivity index (χ0) is 26.4. The summed E-state index contributed by atoms with van der Waals surface area (Å²) in [6, 6.07) is 7.63. The molecule has 0 spiro atoms. The summed E-state index contributed by atoms with van der Waals surface area (Å²) >= 11 is -5.10. The molecule has 0 fully saturated rings. The van der Waals surface area contributed by atoms with Crippen molar-refractivity contribution in [1.29, 1.82) is 0 Å². The van der Waals surface area contributed by atoms with Gasteiger partial charge in [-0.1, -0.05) is 28.8 Å². The number of rotatable bonds is 5. The maximum absolute atomic E-state index is 11.5. The molecule has 184 valence electrons. The second kappa shape index (κ2) is 12.5. The Morgan fingerprint density at radius 1 is 0.647 bits per heavy atom. The average molecular weight is 668 g/mol. The summed E-state index contributed by atoms with van der Waals surface area (Å²) in [7, 11) is -1.36. The van der Waals surface area contributed by atoms with Crippen LogP contribution in [0.25, 0.3) is 0 Å². The van der Waals surface area contributed by atoms with Crippen LogP contribution in [0.2, 0.25) is 0 Å². The van der Waals surface area contributed by atoms with Gasteiger partial charge in [0.2, 0.25) is 0 Å². The maximum Gasteiger partial charge on any atom is 0.488 e. The predicted molar refractivity (Wildman–Crippen MR) is 132 cm³/mol. The van der Waals surface area contributed by atoms with E-state index in [1.807, 2.05) is 52.0 Å². The molecule has 0 atom stereocenters. The van der Waals surface area contributed by atoms with E-state index in [1.165, 1.54) is 20.8 Å². The third-order valence-electron chi connectivity index (χ3n) is 4.81. The molecule has 2 N–H and O–H groups in total. The molecular formula is C24H33BO8Pb. The molecule has 0 aliphatic carbocycles. The summed E-state index contributed by atoms with van der Waals surface area (Å²) in [5.74, 6) is -1.95. The molecule has 2 aromatic carbocycles. The van der Waals surface area contributed by atoms with Gasteiger partial charge in [0.15, 0.2) is 0 Å². The van der Waals surface area contributed by atoms with Crippen molar-refractivity contribution in [1.82, 2.24) is 0 Å². The molecule has 0 saturated carbocycles. The van der Waals surface area contributed by atoms with Crippen LogP contribution in [0.4, 0.5) is 0 Å². The van der Waals surface area contributed by atoms with E-state index < -0.39 is 47.6 Å². The van der Waals surface area contributed by atoms with Gasteiger partial charge in [0, 0.05) is 0 Å². The fourth-order valence-corrected chi connectivity index (χ4v) is 14.5. The van der Waals surface area contributed by atoms with E-state index in [-0.39, 0.29) is 0 Å². The molecule has 2 rings (SSSR count). The Balaban J connectivity index is 0.000000404. The Morgan fingerprint density at radius 2 is 0.941 bits per heavy atom. The first-order valence-corrected chi connectivity index (χ1v) is 17.4. The van der Waals surface area contributed by atoms with E-state index in [0.717, 1.165) is 33.4 Å². The first-order chi connectivity index (χ1) is 15.6. The van der Waals surface area contributed by atoms with Gasteiger partial charge >= 0.3 is 143 Å². The Kier molecular flexibility index (Phi) is 10.9. The largest absolute Gasteiger partial charge is 0.488 e. The second-order valence-electron chi connectivity index (χ2n) is 8.30. The number of hydrogen-bond donors (Lipinski definition) is 2. The van der Waals surface area contributed by atoms with E-state index in [1.54, 1.807) is 13.8 Å². The van der Waals surface area contributed by atoms with Crippen LogP contribution in [0.1, 0.15) is 54.2 Å². The molecule has 0 saturated heterocycles. The van der Waals surface area contributed by atoms with Crippen LogP contribution in [-0.4, -0.2) is 57.6 Å². The van der Waals surface area contributed by atoms with Crippen molar-refractivity contribution in [2.45, 2.75) is 62.3 Å². The van der Waals surface area contributed by atoms with Crippen molar-refractivity contribution >= 4 is 56.1 Å². The summed E-state index contributed by atoms with van der Waals surface area (Å²) in [5.41, 5.74) is 6.18. The van der Waals surface area contributed by atoms with Gasteiger partial charge in [-0.3, -0.25) is 0 Å². The van der Waals surface area contributed by atoms with E-state index in [9.17, 15) is 14.4 Å². The number of benzene rings is 2. The standard InChI is InChI=1S/C9H13BO2.C9H11.3C2H4O2.Pb/c1-6-4-7(2)9(10(11)12)8(3)5-6;1-7-4-8(2)6-9(3)5-7;3*1-2(3)4;/h4-5,11-12H,1-3H3;4-5H,1-3H3;3*1H3,(H,3,4);/q;;;;;+3/p-3. The smallest absolute Gasteiger partial charge is 0.423 e. The minimum absolute atomic E-state index is 0.540. The summed E-state index contributed by atoms with van der Waals surface area (Å²) in [4.78, 5) is 34.6. The molecule has 0 heterocycles. The van der Waals surface area contributed by atoms with Crippen LogP contribution in [0.15, 0.2) is 24.3 Å². The molecule has 0 aliphatic rings. The fourth-order valence-electron chi connectivity index (χ4n) is 4.04. The van der Waals surface area contributed by atoms with Crippen molar-refractivity contribution in [3.05, 3.63) is 57.6 Å². The first-order valence-electron chi connectivity index (χ1n) is 10.7. The van der Waals surface area contributed by atoms with Crippen molar-refractivity contribution in [3.8, 4) is 0 Å². The quantitative estimate of drug-likeness (QED) is 0.464. The normalized spacial score (nSPS) is 10.6. The van der Waals surface area contributed by atoms with Crippen LogP contribution >= 0.6 is 0 Å². The van der Waals surface area contributed by atoms with Crippen molar-refractivity contribution in [3.63, 3.8) is 0 Å². The predicted octanol–water partition coefficient (Wildman–Crippen LogP) is 1.74. The molecular weight excluding hydrogens is 634 g/mol. The van der Waals surface area contributed by atoms with Gasteiger partial charge in [-0.05, 0) is 26.2 Å². The van der Waals surface area contributed by atoms with Crippen molar-refractivity contribution in [2.24, 2.45) is 0 Å². The Labute approximate surface area is 208 Å². The number of carbonyl (C=O) groups excluding carboxylic acids is 3. The minimum Gasteiger partial charge on any atom is -0.423 e. The van der Waals surface area contributed by atoms with Gasteiger partial charge in [0.25, 0.3) is 0 Å². The van der Waals surface area contributed by atoms with E-state index in [0.29, 0.717) is 8.59 Å². The monoisotopic (exact) mass is 668 g/mol. The fraction of sp³-hybridized carbons (Fsp3) is 0.375. The summed E-state index contributed by atoms with van der Waals surface area (Å²) < 4.78 is 16.6. The van der Waals surface area contributed by atoms with Gasteiger partial charge in [0.1, 0.15) is 0 Å².